The fourth-order valence-electron chi connectivity index (χ4n) is 1.58. The van der Waals surface area contributed by atoms with Crippen LogP contribution in [0.1, 0.15) is 12.0 Å². The van der Waals surface area contributed by atoms with Crippen LogP contribution < -0.4 is 4.90 Å². The van der Waals surface area contributed by atoms with Gasteiger partial charge in [-0.25, -0.2) is 0 Å². The molecular formula is C10H12ClNO. The number of anilines is 1. The molecule has 0 aliphatic carbocycles. The van der Waals surface area contributed by atoms with E-state index in [1.807, 2.05) is 18.2 Å². The summed E-state index contributed by atoms with van der Waals surface area (Å²) < 4.78 is 0. The van der Waals surface area contributed by atoms with E-state index in [9.17, 15) is 0 Å². The number of para-hydroxylation sites is 1. The second-order valence-corrected chi connectivity index (χ2v) is 3.65. The Balaban J connectivity index is 2.39. The van der Waals surface area contributed by atoms with Crippen LogP contribution in [0.3, 0.4) is 0 Å². The third-order valence-electron chi connectivity index (χ3n) is 2.41. The van der Waals surface area contributed by atoms with E-state index in [1.54, 1.807) is 0 Å². The van der Waals surface area contributed by atoms with Crippen LogP contribution in [0, 0.1) is 0 Å². The first-order valence-electron chi connectivity index (χ1n) is 4.46. The number of aliphatic hydroxyl groups is 1. The zero-order valence-electron chi connectivity index (χ0n) is 7.33. The van der Waals surface area contributed by atoms with E-state index in [0.717, 1.165) is 29.4 Å². The fraction of sp³-hybridized carbons (Fsp3) is 0.400. The van der Waals surface area contributed by atoms with Crippen LogP contribution >= 0.6 is 11.6 Å². The Kier molecular flexibility index (Phi) is 2.42. The maximum Gasteiger partial charge on any atom is 0.0702 e. The standard InChI is InChI=1S/C10H12ClNO/c11-9-4-1-3-8(7-13)10(9)12-5-2-6-12/h1,3-4,13H,2,5-7H2. The lowest BCUT2D eigenvalue weighted by Gasteiger charge is -2.35. The van der Waals surface area contributed by atoms with Crippen molar-refractivity contribution in [2.75, 3.05) is 18.0 Å². The third kappa shape index (κ3) is 1.52. The fourth-order valence-corrected chi connectivity index (χ4v) is 1.90. The Morgan fingerprint density at radius 1 is 1.38 bits per heavy atom. The highest BCUT2D eigenvalue weighted by molar-refractivity contribution is 6.33. The second-order valence-electron chi connectivity index (χ2n) is 3.25. The lowest BCUT2D eigenvalue weighted by molar-refractivity contribution is 0.281. The summed E-state index contributed by atoms with van der Waals surface area (Å²) in [6.45, 7) is 2.17. The van der Waals surface area contributed by atoms with Gasteiger partial charge in [-0.05, 0) is 12.5 Å². The molecule has 0 atom stereocenters. The smallest absolute Gasteiger partial charge is 0.0702 e. The average molecular weight is 198 g/mol. The van der Waals surface area contributed by atoms with E-state index in [-0.39, 0.29) is 6.61 Å². The lowest BCUT2D eigenvalue weighted by atomic mass is 10.1. The highest BCUT2D eigenvalue weighted by Gasteiger charge is 2.19. The van der Waals surface area contributed by atoms with Gasteiger partial charge in [0.25, 0.3) is 0 Å². The Labute approximate surface area is 82.7 Å². The summed E-state index contributed by atoms with van der Waals surface area (Å²) in [4.78, 5) is 2.20. The van der Waals surface area contributed by atoms with Crippen LogP contribution in [0.4, 0.5) is 5.69 Å². The molecule has 1 aliphatic rings. The van der Waals surface area contributed by atoms with Gasteiger partial charge in [0.1, 0.15) is 0 Å². The number of aliphatic hydroxyl groups excluding tert-OH is 1. The molecule has 0 spiro atoms. The molecule has 1 aromatic carbocycles. The number of hydrogen-bond acceptors (Lipinski definition) is 2. The molecule has 1 N–H and O–H groups in total. The summed E-state index contributed by atoms with van der Waals surface area (Å²) in [6, 6.07) is 5.66. The minimum Gasteiger partial charge on any atom is -0.392 e. The molecule has 13 heavy (non-hydrogen) atoms. The molecule has 0 amide bonds. The molecule has 70 valence electrons. The van der Waals surface area contributed by atoms with Gasteiger partial charge in [-0.3, -0.25) is 0 Å². The van der Waals surface area contributed by atoms with Gasteiger partial charge in [0, 0.05) is 18.7 Å². The average Bonchev–Trinajstić information content (AvgIpc) is 2.05. The maximum atomic E-state index is 9.13. The van der Waals surface area contributed by atoms with Gasteiger partial charge in [-0.15, -0.1) is 0 Å². The van der Waals surface area contributed by atoms with Crippen molar-refractivity contribution in [3.05, 3.63) is 28.8 Å². The highest BCUT2D eigenvalue weighted by atomic mass is 35.5. The normalized spacial score (nSPS) is 15.7. The lowest BCUT2D eigenvalue weighted by Crippen LogP contribution is -2.37. The zero-order chi connectivity index (χ0) is 9.26. The Bertz CT molecular complexity index is 310. The molecular weight excluding hydrogens is 186 g/mol. The number of halogens is 1. The largest absolute Gasteiger partial charge is 0.392 e. The van der Waals surface area contributed by atoms with Gasteiger partial charge >= 0.3 is 0 Å². The van der Waals surface area contributed by atoms with Crippen LogP contribution in [0.25, 0.3) is 0 Å². The molecule has 1 heterocycles. The summed E-state index contributed by atoms with van der Waals surface area (Å²) in [5.41, 5.74) is 1.94. The maximum absolute atomic E-state index is 9.13. The molecule has 1 aromatic rings. The number of hydrogen-bond donors (Lipinski definition) is 1. The molecule has 1 saturated heterocycles. The molecule has 2 rings (SSSR count). The summed E-state index contributed by atoms with van der Waals surface area (Å²) >= 11 is 6.06. The van der Waals surface area contributed by atoms with Crippen molar-refractivity contribution in [2.24, 2.45) is 0 Å². The van der Waals surface area contributed by atoms with Crippen molar-refractivity contribution in [3.63, 3.8) is 0 Å². The first-order valence-corrected chi connectivity index (χ1v) is 4.84. The Morgan fingerprint density at radius 3 is 2.69 bits per heavy atom. The van der Waals surface area contributed by atoms with Crippen molar-refractivity contribution < 1.29 is 5.11 Å². The van der Waals surface area contributed by atoms with E-state index < -0.39 is 0 Å². The van der Waals surface area contributed by atoms with E-state index >= 15 is 0 Å². The SMILES string of the molecule is OCc1cccc(Cl)c1N1CCC1. The topological polar surface area (TPSA) is 23.5 Å². The Hall–Kier alpha value is -0.730. The van der Waals surface area contributed by atoms with Gasteiger partial charge < -0.3 is 10.0 Å². The van der Waals surface area contributed by atoms with Crippen LogP contribution in [0.15, 0.2) is 18.2 Å². The van der Waals surface area contributed by atoms with Crippen molar-refractivity contribution >= 4 is 17.3 Å². The summed E-state index contributed by atoms with van der Waals surface area (Å²) in [6.07, 6.45) is 1.22. The molecule has 0 bridgehead atoms. The number of nitrogens with zero attached hydrogens (tertiary/aromatic N) is 1. The van der Waals surface area contributed by atoms with E-state index in [1.165, 1.54) is 6.42 Å². The summed E-state index contributed by atoms with van der Waals surface area (Å²) in [7, 11) is 0. The van der Waals surface area contributed by atoms with Crippen molar-refractivity contribution in [3.8, 4) is 0 Å². The van der Waals surface area contributed by atoms with Crippen molar-refractivity contribution in [1.82, 2.24) is 0 Å². The molecule has 0 radical (unpaired) electrons. The van der Waals surface area contributed by atoms with Gasteiger partial charge in [0.2, 0.25) is 0 Å². The van der Waals surface area contributed by atoms with Gasteiger partial charge in [0.15, 0.2) is 0 Å². The zero-order valence-corrected chi connectivity index (χ0v) is 8.09. The third-order valence-corrected chi connectivity index (χ3v) is 2.72. The van der Waals surface area contributed by atoms with E-state index in [4.69, 9.17) is 16.7 Å². The summed E-state index contributed by atoms with van der Waals surface area (Å²) in [5, 5.41) is 9.87. The number of benzene rings is 1. The van der Waals surface area contributed by atoms with Gasteiger partial charge in [0.05, 0.1) is 17.3 Å². The van der Waals surface area contributed by atoms with Crippen LogP contribution in [-0.4, -0.2) is 18.2 Å². The molecule has 3 heteroatoms. The van der Waals surface area contributed by atoms with E-state index in [2.05, 4.69) is 4.90 Å². The molecule has 2 nitrogen and oxygen atoms in total. The first kappa shape index (κ1) is 8.85. The van der Waals surface area contributed by atoms with Crippen LogP contribution in [0.5, 0.6) is 0 Å². The predicted molar refractivity (Wildman–Crippen MR) is 54.2 cm³/mol. The van der Waals surface area contributed by atoms with Gasteiger partial charge in [-0.1, -0.05) is 23.7 Å². The van der Waals surface area contributed by atoms with Gasteiger partial charge in [-0.2, -0.15) is 0 Å². The molecule has 0 unspecified atom stereocenters. The van der Waals surface area contributed by atoms with Crippen molar-refractivity contribution in [1.29, 1.82) is 0 Å². The monoisotopic (exact) mass is 197 g/mol. The molecule has 0 aromatic heterocycles. The first-order chi connectivity index (χ1) is 6.33. The van der Waals surface area contributed by atoms with Crippen LogP contribution in [0.2, 0.25) is 5.02 Å². The highest BCUT2D eigenvalue weighted by Crippen LogP contribution is 2.32. The predicted octanol–water partition coefficient (Wildman–Crippen LogP) is 2.04. The quantitative estimate of drug-likeness (QED) is 0.785. The second kappa shape index (κ2) is 3.56. The molecule has 1 fully saturated rings. The van der Waals surface area contributed by atoms with E-state index in [0.29, 0.717) is 0 Å². The Morgan fingerprint density at radius 2 is 2.15 bits per heavy atom. The molecule has 1 aliphatic heterocycles. The minimum atomic E-state index is 0.0619. The number of rotatable bonds is 2. The van der Waals surface area contributed by atoms with Crippen molar-refractivity contribution in [2.45, 2.75) is 13.0 Å². The summed E-state index contributed by atoms with van der Waals surface area (Å²) in [5.74, 6) is 0. The van der Waals surface area contributed by atoms with Crippen LogP contribution in [-0.2, 0) is 6.61 Å². The molecule has 0 saturated carbocycles. The minimum absolute atomic E-state index is 0.0619.